The maximum Gasteiger partial charge on any atom is 0.291 e. The molecular formula is C97H115N25O17. The number of carbonyl (C=O) groups is 17. The van der Waals surface area contributed by atoms with E-state index in [4.69, 9.17) is 0 Å². The highest BCUT2D eigenvalue weighted by Gasteiger charge is 2.29. The lowest BCUT2D eigenvalue weighted by Crippen LogP contribution is -2.29. The van der Waals surface area contributed by atoms with Gasteiger partial charge in [-0.05, 0) is 124 Å². The Labute approximate surface area is 799 Å². The Bertz CT molecular complexity index is 6810. The largest absolute Gasteiger partial charge is 0.351 e. The van der Waals surface area contributed by atoms with Crippen molar-refractivity contribution in [3.05, 3.63) is 225 Å². The van der Waals surface area contributed by atoms with Gasteiger partial charge in [-0.25, -0.2) is 19.9 Å². The minimum atomic E-state index is -0.640. The number of anilines is 6. The second-order valence-electron chi connectivity index (χ2n) is 35.3. The number of ketones is 9. The second-order valence-corrected chi connectivity index (χ2v) is 35.3. The molecule has 0 radical (unpaired) electrons. The van der Waals surface area contributed by atoms with Crippen molar-refractivity contribution in [2.75, 3.05) is 65.6 Å². The van der Waals surface area contributed by atoms with Gasteiger partial charge in [0.05, 0.1) is 69.8 Å². The van der Waals surface area contributed by atoms with Gasteiger partial charge in [0.15, 0.2) is 52.2 Å². The highest BCUT2D eigenvalue weighted by Crippen LogP contribution is 2.26. The van der Waals surface area contributed by atoms with Crippen molar-refractivity contribution >= 4 is 134 Å². The summed E-state index contributed by atoms with van der Waals surface area (Å²) in [6, 6.07) is 12.5. The second kappa shape index (κ2) is 45.0. The molecule has 0 fully saturated rings. The third-order valence-electron chi connectivity index (χ3n) is 23.3. The number of unbranched alkanes of at least 4 members (excludes halogenated alkanes) is 1. The molecule has 0 aliphatic rings. The molecule has 0 aliphatic carbocycles. The fourth-order valence-corrected chi connectivity index (χ4v) is 16.5. The first-order chi connectivity index (χ1) is 66.0. The fraction of sp³-hybridized carbons (Fsp3) is 0.371. The van der Waals surface area contributed by atoms with Gasteiger partial charge in [-0.2, -0.15) is 0 Å². The summed E-state index contributed by atoms with van der Waals surface area (Å²) in [6.45, 7) is 2.26. The summed E-state index contributed by atoms with van der Waals surface area (Å²) in [6.07, 6.45) is 22.7. The maximum absolute atomic E-state index is 13.8. The Hall–Kier alpha value is -16.2. The monoisotopic (exact) mass is 1900 g/mol. The van der Waals surface area contributed by atoms with E-state index in [1.807, 2.05) is 14.1 Å². The number of hydrogen-bond donors (Lipinski definition) is 8. The molecule has 12 aromatic heterocycles. The number of aromatic nitrogens is 16. The van der Waals surface area contributed by atoms with Gasteiger partial charge in [0, 0.05) is 250 Å². The molecule has 0 aromatic carbocycles. The molecule has 0 bridgehead atoms. The van der Waals surface area contributed by atoms with Gasteiger partial charge >= 0.3 is 0 Å². The van der Waals surface area contributed by atoms with Gasteiger partial charge in [-0.1, -0.05) is 0 Å². The summed E-state index contributed by atoms with van der Waals surface area (Å²) >= 11 is 0. The zero-order chi connectivity index (χ0) is 101. The van der Waals surface area contributed by atoms with Crippen molar-refractivity contribution in [2.45, 2.75) is 122 Å². The number of rotatable bonds is 50. The fourth-order valence-electron chi connectivity index (χ4n) is 16.5. The Morgan fingerprint density at radius 1 is 0.266 bits per heavy atom. The average molecular weight is 1900 g/mol. The van der Waals surface area contributed by atoms with Crippen LogP contribution in [0.25, 0.3) is 0 Å². The molecule has 8 N–H and O–H groups in total. The smallest absolute Gasteiger partial charge is 0.291 e. The highest BCUT2D eigenvalue weighted by atomic mass is 16.2. The van der Waals surface area contributed by atoms with Crippen molar-refractivity contribution in [1.82, 2.24) is 90.3 Å². The number of Topliss-reactive ketones (excluding diaryl/α,β-unsaturated/α-hetero) is 9. The first-order valence-electron chi connectivity index (χ1n) is 45.1. The molecule has 12 rings (SSSR count). The number of aryl methyl sites for hydroxylation is 12. The van der Waals surface area contributed by atoms with E-state index < -0.39 is 41.4 Å². The molecule has 42 nitrogen and oxygen atoms in total. The predicted molar refractivity (Wildman–Crippen MR) is 513 cm³/mol. The molecule has 0 saturated heterocycles. The van der Waals surface area contributed by atoms with Crippen molar-refractivity contribution in [1.29, 1.82) is 0 Å². The summed E-state index contributed by atoms with van der Waals surface area (Å²) in [5.74, 6) is -5.51. The highest BCUT2D eigenvalue weighted by molar-refractivity contribution is 6.10. The summed E-state index contributed by atoms with van der Waals surface area (Å²) in [5.41, 5.74) is 6.54. The van der Waals surface area contributed by atoms with Crippen LogP contribution in [0, 0.1) is 0 Å². The van der Waals surface area contributed by atoms with Crippen LogP contribution in [0.2, 0.25) is 0 Å². The molecule has 12 aromatic rings. The summed E-state index contributed by atoms with van der Waals surface area (Å²) in [5, 5.41) is 21.5. The van der Waals surface area contributed by atoms with Crippen LogP contribution in [0.15, 0.2) is 123 Å². The molecule has 42 heteroatoms. The molecule has 0 aliphatic heterocycles. The van der Waals surface area contributed by atoms with E-state index in [1.165, 1.54) is 94.1 Å². The van der Waals surface area contributed by atoms with E-state index in [1.54, 1.807) is 175 Å². The molecule has 730 valence electrons. The van der Waals surface area contributed by atoms with Gasteiger partial charge in [0.1, 0.15) is 40.1 Å². The number of imidazole rings is 4. The van der Waals surface area contributed by atoms with E-state index in [0.717, 1.165) is 19.4 Å². The zero-order valence-corrected chi connectivity index (χ0v) is 80.4. The molecule has 0 saturated carbocycles. The molecule has 139 heavy (non-hydrogen) atoms. The summed E-state index contributed by atoms with van der Waals surface area (Å²) < 4.78 is 18.5. The Balaban J connectivity index is 0.517. The Morgan fingerprint density at radius 2 is 0.626 bits per heavy atom. The molecule has 0 unspecified atom stereocenters. The normalized spacial score (nSPS) is 11.3. The third-order valence-corrected chi connectivity index (χ3v) is 23.3. The standard InChI is InChI=1S/C97H115N25O17/c1-57(123)100-85-55-122(15)91(107-85)97(139)106-66-43-78(118(11)52-66)95(137)109-86-56-121(14)90(108-86)96(138)99-29-27-87(133)101-63-40-76(116(9)49-63)93(135)105-65-42-77(117(10)51-65)94(136)104-64-41-75(115(8)50-64)92(134)98-28-20-24-70(126)39-62-53-120(13)89(102-62)84(132)38-61-35-74(114(7)48-61)83(131)44-67-54-119(12)88(103-67)80(128)26-19-23-69(125)31-58-32-72(112(5)45-58)81(129)37-60-34-73(113(6)47-60)82(130)36-59-33-71(111(4)46-59)79(127)25-18-22-68(124)21-16-17-30-110(2)3/h32-35,40-43,45-56H,16-31,36-39,44H2,1-15H3,(H,98,134)(H,99,138)(H,100,123)(H,101,133)(H,104,136)(H,105,135)(H,106,139)(H,109,137). The molecule has 0 atom stereocenters. The Kier molecular flexibility index (Phi) is 32.9. The van der Waals surface area contributed by atoms with Crippen molar-refractivity contribution in [2.24, 2.45) is 84.6 Å². The van der Waals surface area contributed by atoms with Crippen LogP contribution in [0.1, 0.15) is 244 Å². The number of amides is 8. The van der Waals surface area contributed by atoms with Crippen LogP contribution >= 0.6 is 0 Å². The van der Waals surface area contributed by atoms with E-state index in [0.29, 0.717) is 81.4 Å². The zero-order valence-electron chi connectivity index (χ0n) is 80.4. The number of carbonyl (C=O) groups excluding carboxylic acids is 17. The Morgan fingerprint density at radius 3 is 1.12 bits per heavy atom. The molecule has 8 amide bonds. The van der Waals surface area contributed by atoms with E-state index in [9.17, 15) is 81.5 Å². The first kappa shape index (κ1) is 102. The van der Waals surface area contributed by atoms with Gasteiger partial charge < -0.3 is 102 Å². The van der Waals surface area contributed by atoms with Crippen LogP contribution in [0.3, 0.4) is 0 Å². The van der Waals surface area contributed by atoms with E-state index >= 15 is 0 Å². The van der Waals surface area contributed by atoms with Crippen LogP contribution in [-0.2, 0) is 147 Å². The minimum Gasteiger partial charge on any atom is -0.351 e. The lowest BCUT2D eigenvalue weighted by Gasteiger charge is -2.08. The quantitative estimate of drug-likeness (QED) is 0.0133. The number of nitrogens with one attached hydrogen (secondary N) is 8. The number of nitrogens with zero attached hydrogens (tertiary/aromatic N) is 17. The third kappa shape index (κ3) is 26.7. The van der Waals surface area contributed by atoms with Crippen LogP contribution in [-0.4, -0.2) is 213 Å². The van der Waals surface area contributed by atoms with Gasteiger partial charge in [0.2, 0.25) is 29.2 Å². The lowest BCUT2D eigenvalue weighted by atomic mass is 10.0. The SMILES string of the molecule is CC(=O)Nc1cn(C)c(C(=O)Nc2cc(C(=O)Nc3cn(C)c(C(=O)NCCC(=O)Nc4cc(C(=O)Nc5cc(C(=O)Nc6cc(C(=O)NCCCC(=O)Cc7cn(C)c(C(=O)Cc8cc(C(=O)Cc9cn(C)c(C(=O)CCCC(=O)Cc%10cc(C(=O)Cc%11cc(C(=O)Cc%12cc(C(=O)CCCC(=O)CCCCN(C)C)n(C)c%12)n(C)c%11)n(C)c%10)n9)n(C)c8)n7)n(C)c6)n(C)c5)n(C)c4)n3)n(C)c2)n1. The average Bonchev–Trinajstić information content (AvgIpc) is 1.69. The topological polar surface area (TPSA) is 500 Å². The molecule has 12 heterocycles. The van der Waals surface area contributed by atoms with Gasteiger partial charge in [-0.15, -0.1) is 0 Å². The summed E-state index contributed by atoms with van der Waals surface area (Å²) in [7, 11) is 23.7. The lowest BCUT2D eigenvalue weighted by molar-refractivity contribution is -0.119. The first-order valence-corrected chi connectivity index (χ1v) is 45.1. The predicted octanol–water partition coefficient (Wildman–Crippen LogP) is 7.90. The summed E-state index contributed by atoms with van der Waals surface area (Å²) in [4.78, 5) is 245. The van der Waals surface area contributed by atoms with Crippen molar-refractivity contribution in [3.8, 4) is 0 Å². The number of hydrogen-bond acceptors (Lipinski definition) is 22. The van der Waals surface area contributed by atoms with Crippen LogP contribution in [0.5, 0.6) is 0 Å². The minimum absolute atomic E-state index is 0.00254. The van der Waals surface area contributed by atoms with E-state index in [2.05, 4.69) is 67.4 Å². The van der Waals surface area contributed by atoms with Crippen molar-refractivity contribution < 1.29 is 81.5 Å². The van der Waals surface area contributed by atoms with Gasteiger partial charge in [0.25, 0.3) is 35.4 Å². The van der Waals surface area contributed by atoms with Crippen molar-refractivity contribution in [3.63, 3.8) is 0 Å². The molecule has 0 spiro atoms. The molecular weight excluding hydrogens is 1790 g/mol. The van der Waals surface area contributed by atoms with E-state index in [-0.39, 0.29) is 229 Å². The van der Waals surface area contributed by atoms with Gasteiger partial charge in [-0.3, -0.25) is 81.5 Å². The van der Waals surface area contributed by atoms with Crippen LogP contribution < -0.4 is 42.5 Å². The van der Waals surface area contributed by atoms with Crippen LogP contribution in [0.4, 0.5) is 34.4 Å². The maximum atomic E-state index is 13.8.